The van der Waals surface area contributed by atoms with Gasteiger partial charge in [-0.05, 0) is 48.7 Å². The van der Waals surface area contributed by atoms with E-state index in [2.05, 4.69) is 18.3 Å². The molecular weight excluding hydrogens is 253 g/mol. The van der Waals surface area contributed by atoms with Crippen LogP contribution in [0.4, 0.5) is 10.1 Å². The lowest BCUT2D eigenvalue weighted by molar-refractivity contribution is 0.319. The quantitative estimate of drug-likeness (QED) is 0.834. The van der Waals surface area contributed by atoms with Crippen LogP contribution in [-0.4, -0.2) is 6.61 Å². The van der Waals surface area contributed by atoms with Crippen LogP contribution in [0.5, 0.6) is 5.75 Å². The van der Waals surface area contributed by atoms with Gasteiger partial charge in [0.2, 0.25) is 0 Å². The van der Waals surface area contributed by atoms with Gasteiger partial charge in [0.1, 0.15) is 11.6 Å². The number of halogens is 1. The Bertz CT molecular complexity index is 551. The van der Waals surface area contributed by atoms with Crippen molar-refractivity contribution in [1.82, 2.24) is 0 Å². The highest BCUT2D eigenvalue weighted by Crippen LogP contribution is 2.26. The molecule has 0 aliphatic heterocycles. The summed E-state index contributed by atoms with van der Waals surface area (Å²) >= 11 is 0. The normalized spacial score (nSPS) is 10.3. The predicted molar refractivity (Wildman–Crippen MR) is 80.7 cm³/mol. The zero-order valence-corrected chi connectivity index (χ0v) is 11.9. The summed E-state index contributed by atoms with van der Waals surface area (Å²) in [5.41, 5.74) is 3.19. The summed E-state index contributed by atoms with van der Waals surface area (Å²) in [4.78, 5) is 0. The summed E-state index contributed by atoms with van der Waals surface area (Å²) in [6, 6.07) is 12.6. The summed E-state index contributed by atoms with van der Waals surface area (Å²) in [6.07, 6.45) is 0.977. The van der Waals surface area contributed by atoms with E-state index >= 15 is 0 Å². The fraction of sp³-hybridized carbons (Fsp3) is 0.294. The molecule has 2 aromatic rings. The molecule has 0 aliphatic rings. The Balaban J connectivity index is 2.07. The number of anilines is 1. The third-order valence-corrected chi connectivity index (χ3v) is 2.99. The van der Waals surface area contributed by atoms with E-state index in [1.165, 1.54) is 17.7 Å². The number of ether oxygens (including phenoxy) is 1. The van der Waals surface area contributed by atoms with Gasteiger partial charge in [-0.3, -0.25) is 0 Å². The van der Waals surface area contributed by atoms with Crippen molar-refractivity contribution >= 4 is 5.69 Å². The average Bonchev–Trinajstić information content (AvgIpc) is 2.46. The fourth-order valence-electron chi connectivity index (χ4n) is 1.92. The maximum absolute atomic E-state index is 12.9. The first-order valence-corrected chi connectivity index (χ1v) is 6.91. The molecule has 0 saturated carbocycles. The van der Waals surface area contributed by atoms with E-state index in [-0.39, 0.29) is 5.82 Å². The highest BCUT2D eigenvalue weighted by molar-refractivity contribution is 5.58. The van der Waals surface area contributed by atoms with Gasteiger partial charge < -0.3 is 10.1 Å². The SMILES string of the molecule is CCCOc1ccc(C)cc1NCc1ccc(F)cc1. The van der Waals surface area contributed by atoms with Crippen molar-refractivity contribution in [3.05, 3.63) is 59.4 Å². The standard InChI is InChI=1S/C17H20FNO/c1-3-10-20-17-9-4-13(2)11-16(17)19-12-14-5-7-15(18)8-6-14/h4-9,11,19H,3,10,12H2,1-2H3. The monoisotopic (exact) mass is 273 g/mol. The van der Waals surface area contributed by atoms with Gasteiger partial charge in [-0.15, -0.1) is 0 Å². The van der Waals surface area contributed by atoms with Gasteiger partial charge in [0.25, 0.3) is 0 Å². The smallest absolute Gasteiger partial charge is 0.142 e. The fourth-order valence-corrected chi connectivity index (χ4v) is 1.92. The summed E-state index contributed by atoms with van der Waals surface area (Å²) < 4.78 is 18.6. The summed E-state index contributed by atoms with van der Waals surface area (Å²) in [5.74, 6) is 0.649. The third kappa shape index (κ3) is 3.98. The summed E-state index contributed by atoms with van der Waals surface area (Å²) in [7, 11) is 0. The van der Waals surface area contributed by atoms with Gasteiger partial charge in [-0.25, -0.2) is 4.39 Å². The minimum atomic E-state index is -0.212. The van der Waals surface area contributed by atoms with Crippen LogP contribution in [0.3, 0.4) is 0 Å². The van der Waals surface area contributed by atoms with Crippen molar-refractivity contribution in [3.8, 4) is 5.75 Å². The number of aryl methyl sites for hydroxylation is 1. The molecule has 106 valence electrons. The van der Waals surface area contributed by atoms with Crippen molar-refractivity contribution in [1.29, 1.82) is 0 Å². The van der Waals surface area contributed by atoms with Gasteiger partial charge in [0, 0.05) is 6.54 Å². The van der Waals surface area contributed by atoms with Crippen LogP contribution in [0.2, 0.25) is 0 Å². The number of hydrogen-bond acceptors (Lipinski definition) is 2. The molecule has 0 aromatic heterocycles. The number of nitrogens with one attached hydrogen (secondary N) is 1. The second-order valence-corrected chi connectivity index (χ2v) is 4.83. The topological polar surface area (TPSA) is 21.3 Å². The first-order valence-electron chi connectivity index (χ1n) is 6.91. The molecule has 2 rings (SSSR count). The minimum Gasteiger partial charge on any atom is -0.491 e. The van der Waals surface area contributed by atoms with Crippen LogP contribution in [0, 0.1) is 12.7 Å². The Labute approximate surface area is 119 Å². The molecule has 0 amide bonds. The van der Waals surface area contributed by atoms with Gasteiger partial charge in [-0.1, -0.05) is 25.1 Å². The van der Waals surface area contributed by atoms with Crippen LogP contribution < -0.4 is 10.1 Å². The Morgan fingerprint density at radius 3 is 2.55 bits per heavy atom. The molecule has 0 unspecified atom stereocenters. The molecule has 0 fully saturated rings. The number of hydrogen-bond donors (Lipinski definition) is 1. The molecule has 0 spiro atoms. The summed E-state index contributed by atoms with van der Waals surface area (Å²) in [5, 5.41) is 3.35. The number of rotatable bonds is 6. The van der Waals surface area contributed by atoms with E-state index in [4.69, 9.17) is 4.74 Å². The van der Waals surface area contributed by atoms with Gasteiger partial charge in [-0.2, -0.15) is 0 Å². The first-order chi connectivity index (χ1) is 9.69. The zero-order chi connectivity index (χ0) is 14.4. The maximum atomic E-state index is 12.9. The van der Waals surface area contributed by atoms with E-state index < -0.39 is 0 Å². The van der Waals surface area contributed by atoms with E-state index in [0.29, 0.717) is 13.2 Å². The van der Waals surface area contributed by atoms with Gasteiger partial charge in [0.05, 0.1) is 12.3 Å². The van der Waals surface area contributed by atoms with E-state index in [9.17, 15) is 4.39 Å². The van der Waals surface area contributed by atoms with Crippen LogP contribution in [0.15, 0.2) is 42.5 Å². The average molecular weight is 273 g/mol. The van der Waals surface area contributed by atoms with E-state index in [1.54, 1.807) is 12.1 Å². The summed E-state index contributed by atoms with van der Waals surface area (Å²) in [6.45, 7) is 5.48. The van der Waals surface area contributed by atoms with Crippen molar-refractivity contribution in [2.75, 3.05) is 11.9 Å². The second kappa shape index (κ2) is 6.94. The van der Waals surface area contributed by atoms with E-state index in [0.717, 1.165) is 23.4 Å². The molecule has 2 aromatic carbocycles. The number of benzene rings is 2. The first kappa shape index (κ1) is 14.4. The lowest BCUT2D eigenvalue weighted by Gasteiger charge is -2.14. The molecule has 0 heterocycles. The second-order valence-electron chi connectivity index (χ2n) is 4.83. The predicted octanol–water partition coefficient (Wildman–Crippen LogP) is 4.54. The van der Waals surface area contributed by atoms with Crippen LogP contribution in [0.1, 0.15) is 24.5 Å². The van der Waals surface area contributed by atoms with Crippen LogP contribution >= 0.6 is 0 Å². The molecule has 0 saturated heterocycles. The van der Waals surface area contributed by atoms with Gasteiger partial charge >= 0.3 is 0 Å². The maximum Gasteiger partial charge on any atom is 0.142 e. The van der Waals surface area contributed by atoms with Crippen molar-refractivity contribution in [2.45, 2.75) is 26.8 Å². The van der Waals surface area contributed by atoms with Crippen molar-refractivity contribution in [3.63, 3.8) is 0 Å². The lowest BCUT2D eigenvalue weighted by atomic mass is 10.2. The zero-order valence-electron chi connectivity index (χ0n) is 11.9. The van der Waals surface area contributed by atoms with Crippen molar-refractivity contribution < 1.29 is 9.13 Å². The Kier molecular flexibility index (Phi) is 4.99. The molecule has 20 heavy (non-hydrogen) atoms. The molecule has 0 aliphatic carbocycles. The lowest BCUT2D eigenvalue weighted by Crippen LogP contribution is -2.04. The Morgan fingerprint density at radius 2 is 1.85 bits per heavy atom. The molecule has 0 radical (unpaired) electrons. The molecule has 1 N–H and O–H groups in total. The van der Waals surface area contributed by atoms with Crippen molar-refractivity contribution in [2.24, 2.45) is 0 Å². The Hall–Kier alpha value is -2.03. The minimum absolute atomic E-state index is 0.212. The highest BCUT2D eigenvalue weighted by atomic mass is 19.1. The Morgan fingerprint density at radius 1 is 1.10 bits per heavy atom. The van der Waals surface area contributed by atoms with E-state index in [1.807, 2.05) is 19.1 Å². The van der Waals surface area contributed by atoms with Crippen LogP contribution in [0.25, 0.3) is 0 Å². The molecule has 2 nitrogen and oxygen atoms in total. The van der Waals surface area contributed by atoms with Gasteiger partial charge in [0.15, 0.2) is 0 Å². The molecular formula is C17H20FNO. The largest absolute Gasteiger partial charge is 0.491 e. The highest BCUT2D eigenvalue weighted by Gasteiger charge is 2.04. The molecule has 3 heteroatoms. The molecule has 0 bridgehead atoms. The third-order valence-electron chi connectivity index (χ3n) is 2.99. The van der Waals surface area contributed by atoms with Crippen LogP contribution in [-0.2, 0) is 6.54 Å². The molecule has 0 atom stereocenters.